The van der Waals surface area contributed by atoms with Crippen LogP contribution < -0.4 is 4.90 Å². The summed E-state index contributed by atoms with van der Waals surface area (Å²) >= 11 is 1.79. The standard InChI is InChI=1S/C27H30N2OS/c1-22(24-14-8-5-9-15-24)31-26-17-11-10-16-25(26)29(21-20-28(2)3)27(30)19-18-23-12-6-4-7-13-23/h4-19,22H,20-21H2,1-3H3/b19-18+. The van der Waals surface area contributed by atoms with Crippen molar-refractivity contribution in [2.24, 2.45) is 0 Å². The van der Waals surface area contributed by atoms with Gasteiger partial charge in [0.2, 0.25) is 0 Å². The molecule has 1 atom stereocenters. The lowest BCUT2D eigenvalue weighted by Gasteiger charge is -2.26. The molecule has 0 aliphatic rings. The smallest absolute Gasteiger partial charge is 0.251 e. The Morgan fingerprint density at radius 1 is 0.871 bits per heavy atom. The van der Waals surface area contributed by atoms with Gasteiger partial charge < -0.3 is 9.80 Å². The molecule has 0 N–H and O–H groups in total. The van der Waals surface area contributed by atoms with Gasteiger partial charge in [-0.1, -0.05) is 72.8 Å². The molecule has 0 bridgehead atoms. The summed E-state index contributed by atoms with van der Waals surface area (Å²) in [6, 6.07) is 28.6. The number of carbonyl (C=O) groups excluding carboxylic acids is 1. The van der Waals surface area contributed by atoms with E-state index < -0.39 is 0 Å². The van der Waals surface area contributed by atoms with Crippen molar-refractivity contribution in [2.45, 2.75) is 17.1 Å². The molecule has 3 aromatic carbocycles. The Bertz CT molecular complexity index is 986. The fourth-order valence-corrected chi connectivity index (χ4v) is 4.36. The van der Waals surface area contributed by atoms with E-state index in [0.29, 0.717) is 6.54 Å². The van der Waals surface area contributed by atoms with Crippen molar-refractivity contribution in [2.75, 3.05) is 32.1 Å². The Morgan fingerprint density at radius 3 is 2.16 bits per heavy atom. The first-order valence-corrected chi connectivity index (χ1v) is 11.4. The monoisotopic (exact) mass is 430 g/mol. The lowest BCUT2D eigenvalue weighted by atomic mass is 10.2. The number of hydrogen-bond donors (Lipinski definition) is 0. The SMILES string of the molecule is CC(Sc1ccccc1N(CCN(C)C)C(=O)/C=C/c1ccccc1)c1ccccc1. The maximum Gasteiger partial charge on any atom is 0.251 e. The van der Waals surface area contributed by atoms with Crippen LogP contribution in [0.25, 0.3) is 6.08 Å². The summed E-state index contributed by atoms with van der Waals surface area (Å²) in [5.41, 5.74) is 3.25. The van der Waals surface area contributed by atoms with Crippen molar-refractivity contribution in [3.05, 3.63) is 102 Å². The highest BCUT2D eigenvalue weighted by atomic mass is 32.2. The number of carbonyl (C=O) groups is 1. The van der Waals surface area contributed by atoms with Crippen LogP contribution in [0.5, 0.6) is 0 Å². The molecule has 0 heterocycles. The second-order valence-corrected chi connectivity index (χ2v) is 9.06. The number of likely N-dealkylation sites (N-methyl/N-ethyl adjacent to an activating group) is 1. The number of thioether (sulfide) groups is 1. The number of rotatable bonds is 9. The maximum atomic E-state index is 13.2. The van der Waals surface area contributed by atoms with Crippen LogP contribution >= 0.6 is 11.8 Å². The average Bonchev–Trinajstić information content (AvgIpc) is 2.80. The van der Waals surface area contributed by atoms with Crippen molar-refractivity contribution < 1.29 is 4.79 Å². The van der Waals surface area contributed by atoms with Gasteiger partial charge in [0.1, 0.15) is 0 Å². The van der Waals surface area contributed by atoms with E-state index in [4.69, 9.17) is 0 Å². The van der Waals surface area contributed by atoms with Gasteiger partial charge in [0, 0.05) is 29.3 Å². The summed E-state index contributed by atoms with van der Waals surface area (Å²) in [6.07, 6.45) is 3.56. The predicted octanol–water partition coefficient (Wildman–Crippen LogP) is 6.15. The Morgan fingerprint density at radius 2 is 1.48 bits per heavy atom. The van der Waals surface area contributed by atoms with E-state index in [-0.39, 0.29) is 11.2 Å². The summed E-state index contributed by atoms with van der Waals surface area (Å²) in [7, 11) is 4.06. The van der Waals surface area contributed by atoms with Gasteiger partial charge in [-0.2, -0.15) is 0 Å². The molecule has 0 spiro atoms. The van der Waals surface area contributed by atoms with E-state index in [1.807, 2.05) is 79.7 Å². The topological polar surface area (TPSA) is 23.6 Å². The van der Waals surface area contributed by atoms with Crippen LogP contribution in [0.3, 0.4) is 0 Å². The molecule has 4 heteroatoms. The number of amides is 1. The minimum Gasteiger partial charge on any atom is -0.308 e. The molecule has 3 aromatic rings. The van der Waals surface area contributed by atoms with Gasteiger partial charge in [0.25, 0.3) is 5.91 Å². The van der Waals surface area contributed by atoms with Crippen LogP contribution in [0.4, 0.5) is 5.69 Å². The number of anilines is 1. The van der Waals surface area contributed by atoms with E-state index in [9.17, 15) is 4.79 Å². The van der Waals surface area contributed by atoms with Gasteiger partial charge in [-0.3, -0.25) is 4.79 Å². The summed E-state index contributed by atoms with van der Waals surface area (Å²) in [5.74, 6) is -0.00822. The number of benzene rings is 3. The van der Waals surface area contributed by atoms with Crippen molar-refractivity contribution in [3.8, 4) is 0 Å². The Kier molecular flexibility index (Phi) is 8.51. The second kappa shape index (κ2) is 11.5. The Labute approximate surface area is 190 Å². The normalized spacial score (nSPS) is 12.3. The summed E-state index contributed by atoms with van der Waals surface area (Å²) in [4.78, 5) is 18.3. The van der Waals surface area contributed by atoms with Crippen molar-refractivity contribution in [3.63, 3.8) is 0 Å². The van der Waals surface area contributed by atoms with E-state index in [1.165, 1.54) is 5.56 Å². The van der Waals surface area contributed by atoms with Crippen LogP contribution in [0.1, 0.15) is 23.3 Å². The Balaban J connectivity index is 1.86. The average molecular weight is 431 g/mol. The molecule has 1 amide bonds. The van der Waals surface area contributed by atoms with Crippen LogP contribution in [0.2, 0.25) is 0 Å². The largest absolute Gasteiger partial charge is 0.308 e. The van der Waals surface area contributed by atoms with E-state index in [2.05, 4.69) is 42.2 Å². The first kappa shape index (κ1) is 22.9. The van der Waals surface area contributed by atoms with Gasteiger partial charge >= 0.3 is 0 Å². The summed E-state index contributed by atoms with van der Waals surface area (Å²) in [6.45, 7) is 3.62. The van der Waals surface area contributed by atoms with E-state index >= 15 is 0 Å². The highest BCUT2D eigenvalue weighted by molar-refractivity contribution is 7.99. The number of para-hydroxylation sites is 1. The highest BCUT2D eigenvalue weighted by Crippen LogP contribution is 2.39. The lowest BCUT2D eigenvalue weighted by molar-refractivity contribution is -0.114. The number of nitrogens with zero attached hydrogens (tertiary/aromatic N) is 2. The third-order valence-corrected chi connectivity index (χ3v) is 6.21. The van der Waals surface area contributed by atoms with Crippen molar-refractivity contribution in [1.82, 2.24) is 4.90 Å². The Hall–Kier alpha value is -2.82. The summed E-state index contributed by atoms with van der Waals surface area (Å²) < 4.78 is 0. The molecule has 0 aliphatic heterocycles. The molecule has 31 heavy (non-hydrogen) atoms. The lowest BCUT2D eigenvalue weighted by Crippen LogP contribution is -2.36. The first-order valence-electron chi connectivity index (χ1n) is 10.5. The zero-order valence-electron chi connectivity index (χ0n) is 18.4. The zero-order chi connectivity index (χ0) is 22.1. The van der Waals surface area contributed by atoms with Gasteiger partial charge in [0.05, 0.1) is 5.69 Å². The third kappa shape index (κ3) is 6.84. The molecule has 3 nitrogen and oxygen atoms in total. The predicted molar refractivity (Wildman–Crippen MR) is 134 cm³/mol. The molecule has 160 valence electrons. The van der Waals surface area contributed by atoms with E-state index in [0.717, 1.165) is 22.7 Å². The molecule has 1 unspecified atom stereocenters. The molecule has 0 aliphatic carbocycles. The molecule has 0 saturated heterocycles. The van der Waals surface area contributed by atoms with E-state index in [1.54, 1.807) is 17.8 Å². The fourth-order valence-electron chi connectivity index (χ4n) is 3.23. The van der Waals surface area contributed by atoms with Gasteiger partial charge in [-0.15, -0.1) is 11.8 Å². The number of hydrogen-bond acceptors (Lipinski definition) is 3. The first-order chi connectivity index (χ1) is 15.0. The molecule has 0 radical (unpaired) electrons. The fraction of sp³-hybridized carbons (Fsp3) is 0.222. The van der Waals surface area contributed by atoms with Gasteiger partial charge in [0.15, 0.2) is 0 Å². The van der Waals surface area contributed by atoms with Crippen LogP contribution in [0.15, 0.2) is 95.9 Å². The molecule has 0 fully saturated rings. The third-order valence-electron chi connectivity index (χ3n) is 4.98. The molecule has 0 saturated carbocycles. The van der Waals surface area contributed by atoms with Crippen LogP contribution in [-0.4, -0.2) is 38.0 Å². The zero-order valence-corrected chi connectivity index (χ0v) is 19.3. The minimum atomic E-state index is -0.00822. The minimum absolute atomic E-state index is 0.00822. The quantitative estimate of drug-likeness (QED) is 0.301. The molecule has 0 aromatic heterocycles. The van der Waals surface area contributed by atoms with Gasteiger partial charge in [-0.05, 0) is 50.4 Å². The molecule has 3 rings (SSSR count). The maximum absolute atomic E-state index is 13.2. The highest BCUT2D eigenvalue weighted by Gasteiger charge is 2.19. The van der Waals surface area contributed by atoms with Crippen molar-refractivity contribution >= 4 is 29.4 Å². The second-order valence-electron chi connectivity index (χ2n) is 7.68. The summed E-state index contributed by atoms with van der Waals surface area (Å²) in [5, 5.41) is 0.285. The van der Waals surface area contributed by atoms with Crippen LogP contribution in [-0.2, 0) is 4.79 Å². The van der Waals surface area contributed by atoms with Gasteiger partial charge in [-0.25, -0.2) is 0 Å². The molecular formula is C27H30N2OS. The van der Waals surface area contributed by atoms with Crippen LogP contribution in [0, 0.1) is 0 Å². The molecular weight excluding hydrogens is 400 g/mol. The van der Waals surface area contributed by atoms with Crippen molar-refractivity contribution in [1.29, 1.82) is 0 Å².